The SMILES string of the molecule is CCCN1C(=S)S[C@@H]2CS(=O)(=O)C[C@]21C. The minimum absolute atomic E-state index is 0.140. The Labute approximate surface area is 101 Å². The summed E-state index contributed by atoms with van der Waals surface area (Å²) in [5, 5.41) is 0.140. The Morgan fingerprint density at radius 2 is 2.33 bits per heavy atom. The number of nitrogens with zero attached hydrogens (tertiary/aromatic N) is 1. The summed E-state index contributed by atoms with van der Waals surface area (Å²) in [6.07, 6.45) is 1.00. The molecule has 0 aromatic carbocycles. The van der Waals surface area contributed by atoms with Gasteiger partial charge in [-0.1, -0.05) is 30.9 Å². The first-order valence-electron chi connectivity index (χ1n) is 5.08. The molecule has 0 N–H and O–H groups in total. The van der Waals surface area contributed by atoms with E-state index in [0.29, 0.717) is 0 Å². The van der Waals surface area contributed by atoms with E-state index >= 15 is 0 Å². The van der Waals surface area contributed by atoms with Gasteiger partial charge in [-0.15, -0.1) is 0 Å². The smallest absolute Gasteiger partial charge is 0.153 e. The van der Waals surface area contributed by atoms with E-state index < -0.39 is 9.84 Å². The maximum Gasteiger partial charge on any atom is 0.153 e. The minimum Gasteiger partial charge on any atom is -0.350 e. The van der Waals surface area contributed by atoms with Crippen LogP contribution in [0.3, 0.4) is 0 Å². The fraction of sp³-hybridized carbons (Fsp3) is 0.889. The molecule has 0 spiro atoms. The van der Waals surface area contributed by atoms with Crippen molar-refractivity contribution >= 4 is 38.1 Å². The zero-order valence-electron chi connectivity index (χ0n) is 8.89. The van der Waals surface area contributed by atoms with Gasteiger partial charge in [0.2, 0.25) is 0 Å². The van der Waals surface area contributed by atoms with Crippen molar-refractivity contribution in [2.75, 3.05) is 18.1 Å². The molecule has 2 rings (SSSR count). The molecule has 0 aliphatic carbocycles. The van der Waals surface area contributed by atoms with Gasteiger partial charge in [0.1, 0.15) is 4.32 Å². The van der Waals surface area contributed by atoms with Crippen LogP contribution in [-0.2, 0) is 9.84 Å². The maximum absolute atomic E-state index is 11.6. The van der Waals surface area contributed by atoms with Crippen LogP contribution in [0.25, 0.3) is 0 Å². The van der Waals surface area contributed by atoms with E-state index in [1.54, 1.807) is 11.8 Å². The van der Waals surface area contributed by atoms with E-state index in [1.165, 1.54) is 0 Å². The Bertz CT molecular complexity index is 392. The van der Waals surface area contributed by atoms with Crippen molar-refractivity contribution < 1.29 is 8.42 Å². The highest BCUT2D eigenvalue weighted by molar-refractivity contribution is 8.24. The largest absolute Gasteiger partial charge is 0.350 e. The molecule has 15 heavy (non-hydrogen) atoms. The molecule has 2 saturated heterocycles. The van der Waals surface area contributed by atoms with E-state index in [9.17, 15) is 8.42 Å². The molecule has 0 radical (unpaired) electrons. The van der Waals surface area contributed by atoms with Gasteiger partial charge in [-0.3, -0.25) is 0 Å². The van der Waals surface area contributed by atoms with Gasteiger partial charge < -0.3 is 4.90 Å². The number of hydrogen-bond acceptors (Lipinski definition) is 4. The quantitative estimate of drug-likeness (QED) is 0.703. The van der Waals surface area contributed by atoms with Crippen molar-refractivity contribution in [1.82, 2.24) is 4.90 Å². The van der Waals surface area contributed by atoms with Gasteiger partial charge in [0, 0.05) is 11.8 Å². The number of hydrogen-bond donors (Lipinski definition) is 0. The Morgan fingerprint density at radius 3 is 2.93 bits per heavy atom. The summed E-state index contributed by atoms with van der Waals surface area (Å²) < 4.78 is 24.1. The standard InChI is InChI=1S/C9H15NO2S3/c1-3-4-10-8(13)14-7-5-15(11,12)6-9(7,10)2/h7H,3-6H2,1-2H3/t7-,9-/m1/s1. The summed E-state index contributed by atoms with van der Waals surface area (Å²) in [6, 6.07) is 0. The molecule has 0 saturated carbocycles. The fourth-order valence-electron chi connectivity index (χ4n) is 2.38. The minimum atomic E-state index is -2.86. The van der Waals surface area contributed by atoms with Crippen LogP contribution in [0, 0.1) is 0 Å². The van der Waals surface area contributed by atoms with Crippen LogP contribution in [-0.4, -0.2) is 46.5 Å². The average Bonchev–Trinajstić information content (AvgIpc) is 2.42. The first-order chi connectivity index (χ1) is 6.89. The first kappa shape index (κ1) is 11.7. The van der Waals surface area contributed by atoms with Crippen LogP contribution >= 0.6 is 24.0 Å². The number of thioether (sulfide) groups is 1. The third-order valence-electron chi connectivity index (χ3n) is 3.14. The molecule has 6 heteroatoms. The number of fused-ring (bicyclic) bond motifs is 1. The predicted molar refractivity (Wildman–Crippen MR) is 68.0 cm³/mol. The van der Waals surface area contributed by atoms with E-state index in [1.807, 2.05) is 6.92 Å². The summed E-state index contributed by atoms with van der Waals surface area (Å²) in [5.74, 6) is 0.548. The van der Waals surface area contributed by atoms with Gasteiger partial charge in [-0.2, -0.15) is 0 Å². The highest BCUT2D eigenvalue weighted by Crippen LogP contribution is 2.45. The van der Waals surface area contributed by atoms with Crippen molar-refractivity contribution in [2.24, 2.45) is 0 Å². The molecule has 2 fully saturated rings. The second kappa shape index (κ2) is 3.60. The Balaban J connectivity index is 2.31. The van der Waals surface area contributed by atoms with Crippen LogP contribution in [0.5, 0.6) is 0 Å². The Hall–Kier alpha value is 0.190. The van der Waals surface area contributed by atoms with Gasteiger partial charge in [0.25, 0.3) is 0 Å². The molecule has 2 aliphatic rings. The van der Waals surface area contributed by atoms with Crippen LogP contribution in [0.15, 0.2) is 0 Å². The van der Waals surface area contributed by atoms with Gasteiger partial charge in [-0.25, -0.2) is 8.42 Å². The number of rotatable bonds is 2. The van der Waals surface area contributed by atoms with Crippen molar-refractivity contribution in [2.45, 2.75) is 31.1 Å². The monoisotopic (exact) mass is 265 g/mol. The summed E-state index contributed by atoms with van der Waals surface area (Å²) in [5.41, 5.74) is -0.253. The lowest BCUT2D eigenvalue weighted by Crippen LogP contribution is -2.49. The lowest BCUT2D eigenvalue weighted by Gasteiger charge is -2.34. The highest BCUT2D eigenvalue weighted by Gasteiger charge is 2.56. The second-order valence-corrected chi connectivity index (χ2v) is 8.38. The van der Waals surface area contributed by atoms with Crippen molar-refractivity contribution in [3.8, 4) is 0 Å². The highest BCUT2D eigenvalue weighted by atomic mass is 32.2. The van der Waals surface area contributed by atoms with Crippen LogP contribution < -0.4 is 0 Å². The van der Waals surface area contributed by atoms with Gasteiger partial charge in [-0.05, 0) is 13.3 Å². The van der Waals surface area contributed by atoms with Crippen molar-refractivity contribution in [3.05, 3.63) is 0 Å². The molecule has 0 amide bonds. The van der Waals surface area contributed by atoms with Gasteiger partial charge in [0.05, 0.1) is 17.0 Å². The zero-order chi connectivity index (χ0) is 11.3. The lowest BCUT2D eigenvalue weighted by molar-refractivity contribution is 0.246. The second-order valence-electron chi connectivity index (χ2n) is 4.44. The Morgan fingerprint density at radius 1 is 1.67 bits per heavy atom. The number of sulfone groups is 1. The third-order valence-corrected chi connectivity index (χ3v) is 7.10. The summed E-state index contributed by atoms with van der Waals surface area (Å²) >= 11 is 6.86. The first-order valence-corrected chi connectivity index (χ1v) is 8.18. The normalized spacial score (nSPS) is 38.4. The van der Waals surface area contributed by atoms with Crippen LogP contribution in [0.1, 0.15) is 20.3 Å². The topological polar surface area (TPSA) is 37.4 Å². The molecule has 0 bridgehead atoms. The molecule has 0 aromatic heterocycles. The fourth-order valence-corrected chi connectivity index (χ4v) is 7.35. The molecule has 86 valence electrons. The van der Waals surface area contributed by atoms with E-state index in [0.717, 1.165) is 17.3 Å². The molecule has 0 aromatic rings. The van der Waals surface area contributed by atoms with Crippen LogP contribution in [0.4, 0.5) is 0 Å². The summed E-state index contributed by atoms with van der Waals surface area (Å²) in [6.45, 7) is 4.99. The van der Waals surface area contributed by atoms with E-state index in [4.69, 9.17) is 12.2 Å². The van der Waals surface area contributed by atoms with Crippen molar-refractivity contribution in [3.63, 3.8) is 0 Å². The average molecular weight is 265 g/mol. The maximum atomic E-state index is 11.6. The molecule has 2 atom stereocenters. The van der Waals surface area contributed by atoms with Crippen molar-refractivity contribution in [1.29, 1.82) is 0 Å². The zero-order valence-corrected chi connectivity index (χ0v) is 11.3. The predicted octanol–water partition coefficient (Wildman–Crippen LogP) is 1.29. The molecular formula is C9H15NO2S3. The van der Waals surface area contributed by atoms with E-state index in [2.05, 4.69) is 11.8 Å². The molecule has 0 unspecified atom stereocenters. The summed E-state index contributed by atoms with van der Waals surface area (Å²) in [7, 11) is -2.86. The molecule has 2 heterocycles. The lowest BCUT2D eigenvalue weighted by atomic mass is 9.99. The van der Waals surface area contributed by atoms with Gasteiger partial charge in [0.15, 0.2) is 9.84 Å². The third kappa shape index (κ3) is 1.80. The molecule has 2 aliphatic heterocycles. The molecular weight excluding hydrogens is 250 g/mol. The Kier molecular flexibility index (Phi) is 2.80. The van der Waals surface area contributed by atoms with E-state index in [-0.39, 0.29) is 22.3 Å². The van der Waals surface area contributed by atoms with Crippen LogP contribution in [0.2, 0.25) is 0 Å². The van der Waals surface area contributed by atoms with Gasteiger partial charge >= 0.3 is 0 Å². The molecule has 3 nitrogen and oxygen atoms in total. The number of thiocarbonyl (C=S) groups is 1. The summed E-state index contributed by atoms with van der Waals surface area (Å²) in [4.78, 5) is 2.11.